The molecule has 0 amide bonds. The van der Waals surface area contributed by atoms with Gasteiger partial charge in [-0.25, -0.2) is 0 Å². The second-order valence-electron chi connectivity index (χ2n) is 17.5. The molecule has 1 aromatic heterocycles. The van der Waals surface area contributed by atoms with E-state index in [1.165, 1.54) is 52.8 Å². The van der Waals surface area contributed by atoms with Crippen molar-refractivity contribution >= 4 is 39.4 Å². The first-order valence-electron chi connectivity index (χ1n) is 20.4. The highest BCUT2D eigenvalue weighted by atomic mass is 32.2. The standard InChI is InChI=1S/C52H58O2S2/c1-11-13-15-35-17-21-37(22-18-35)43-29-40(30-44(55-43)39-25-27-42(28-26-39)51(5,6)7)33(3)47-49(53)48(50(47)54)34(4)41-31-45(56-46(32-41)52(8,9)10)38-23-19-36(20-24-38)16-14-12-2/h17-32H,11-16H2,1-10H3/p+1. The lowest BCUT2D eigenvalue weighted by molar-refractivity contribution is -0.113. The van der Waals surface area contributed by atoms with Crippen molar-refractivity contribution in [2.45, 2.75) is 113 Å². The second-order valence-corrected chi connectivity index (χ2v) is 19.7. The number of allylic oxidation sites excluding steroid dienone is 8. The van der Waals surface area contributed by atoms with Crippen LogP contribution in [-0.2, 0) is 23.1 Å². The Morgan fingerprint density at radius 3 is 1.62 bits per heavy atom. The summed E-state index contributed by atoms with van der Waals surface area (Å²) in [4.78, 5) is 18.9. The maximum absolute atomic E-state index is 14.2. The molecular weight excluding hydrogens is 721 g/mol. The van der Waals surface area contributed by atoms with Crippen molar-refractivity contribution in [3.05, 3.63) is 158 Å². The largest absolute Gasteiger partial charge is 0.506 e. The zero-order chi connectivity index (χ0) is 40.4. The molecule has 0 atom stereocenters. The Labute approximate surface area is 344 Å². The average molecular weight is 780 g/mol. The van der Waals surface area contributed by atoms with Gasteiger partial charge in [0.2, 0.25) is 26.9 Å². The van der Waals surface area contributed by atoms with Gasteiger partial charge in [0.05, 0.1) is 11.1 Å². The van der Waals surface area contributed by atoms with Crippen molar-refractivity contribution in [2.75, 3.05) is 0 Å². The zero-order valence-electron chi connectivity index (χ0n) is 35.2. The Balaban J connectivity index is 1.42. The number of rotatable bonds is 11. The number of Topliss-reactive ketones (excluding diaryl/α,β-unsaturated/α-hetero) is 1. The highest BCUT2D eigenvalue weighted by molar-refractivity contribution is 8.11. The number of ketones is 1. The van der Waals surface area contributed by atoms with Gasteiger partial charge in [0.25, 0.3) is 0 Å². The average Bonchev–Trinajstić information content (AvgIpc) is 3.18. The fraction of sp³-hybridized carbons (Fsp3) is 0.346. The molecule has 0 saturated carbocycles. The topological polar surface area (TPSA) is 37.3 Å². The molecule has 0 unspecified atom stereocenters. The third-order valence-corrected chi connectivity index (χ3v) is 13.7. The molecule has 2 nitrogen and oxygen atoms in total. The highest BCUT2D eigenvalue weighted by Gasteiger charge is 2.38. The monoisotopic (exact) mass is 779 g/mol. The molecule has 0 bridgehead atoms. The fourth-order valence-electron chi connectivity index (χ4n) is 7.19. The molecule has 0 radical (unpaired) electrons. The fourth-order valence-corrected chi connectivity index (χ4v) is 9.47. The van der Waals surface area contributed by atoms with E-state index in [9.17, 15) is 9.90 Å². The Morgan fingerprint density at radius 1 is 0.661 bits per heavy atom. The first-order valence-corrected chi connectivity index (χ1v) is 22.0. The quantitative estimate of drug-likeness (QED) is 0.122. The number of thioether (sulfide) groups is 1. The van der Waals surface area contributed by atoms with E-state index in [0.717, 1.165) is 60.9 Å². The van der Waals surface area contributed by atoms with Gasteiger partial charge in [-0.15, -0.1) is 0 Å². The molecule has 4 heteroatoms. The van der Waals surface area contributed by atoms with E-state index in [-0.39, 0.29) is 22.4 Å². The minimum Gasteiger partial charge on any atom is -0.506 e. The molecule has 1 N–H and O–H groups in total. The normalized spacial score (nSPS) is 16.7. The summed E-state index contributed by atoms with van der Waals surface area (Å²) < 4.78 is 0. The molecule has 0 fully saturated rings. The van der Waals surface area contributed by atoms with E-state index in [4.69, 9.17) is 0 Å². The van der Waals surface area contributed by atoms with Crippen LogP contribution >= 0.6 is 23.1 Å². The van der Waals surface area contributed by atoms with Crippen LogP contribution in [0.2, 0.25) is 0 Å². The van der Waals surface area contributed by atoms with Crippen LogP contribution in [0.5, 0.6) is 0 Å². The summed E-state index contributed by atoms with van der Waals surface area (Å²) in [5.74, 6) is -0.0170. The van der Waals surface area contributed by atoms with Crippen LogP contribution < -0.4 is 0 Å². The van der Waals surface area contributed by atoms with Crippen molar-refractivity contribution < 1.29 is 9.90 Å². The van der Waals surface area contributed by atoms with Gasteiger partial charge in [0.15, 0.2) is 0 Å². The molecule has 3 aromatic carbocycles. The third kappa shape index (κ3) is 9.14. The van der Waals surface area contributed by atoms with Crippen molar-refractivity contribution in [1.29, 1.82) is 0 Å². The first-order chi connectivity index (χ1) is 26.6. The predicted molar refractivity (Wildman–Crippen MR) is 245 cm³/mol. The van der Waals surface area contributed by atoms with Crippen molar-refractivity contribution in [3.63, 3.8) is 0 Å². The Morgan fingerprint density at radius 2 is 1.16 bits per heavy atom. The number of aryl methyl sites for hydroxylation is 2. The van der Waals surface area contributed by atoms with E-state index in [1.807, 2.05) is 13.8 Å². The predicted octanol–water partition coefficient (Wildman–Crippen LogP) is 15.5. The first kappa shape index (κ1) is 41.4. The number of aliphatic hydroxyl groups is 1. The summed E-state index contributed by atoms with van der Waals surface area (Å²) in [5, 5.41) is 11.8. The van der Waals surface area contributed by atoms with Crippen LogP contribution in [0.15, 0.2) is 130 Å². The number of carbonyl (C=O) groups is 1. The molecule has 0 spiro atoms. The van der Waals surface area contributed by atoms with Crippen LogP contribution in [0, 0.1) is 5.41 Å². The number of hydrogen-bond donors (Lipinski definition) is 1. The highest BCUT2D eigenvalue weighted by Crippen LogP contribution is 2.49. The zero-order valence-corrected chi connectivity index (χ0v) is 36.8. The number of aliphatic hydroxyl groups excluding tert-OH is 1. The summed E-state index contributed by atoms with van der Waals surface area (Å²) in [7, 11) is 0. The summed E-state index contributed by atoms with van der Waals surface area (Å²) >= 11 is 3.56. The lowest BCUT2D eigenvalue weighted by Gasteiger charge is -2.29. The van der Waals surface area contributed by atoms with Crippen LogP contribution in [0.25, 0.3) is 31.4 Å². The molecule has 0 saturated heterocycles. The van der Waals surface area contributed by atoms with Gasteiger partial charge in [-0.05, 0) is 136 Å². The minimum atomic E-state index is -0.102. The van der Waals surface area contributed by atoms with Gasteiger partial charge in [-0.3, -0.25) is 4.79 Å². The number of carbonyl (C=O) groups excluding carboxylic acids is 1. The maximum atomic E-state index is 14.2. The van der Waals surface area contributed by atoms with E-state index in [0.29, 0.717) is 11.1 Å². The van der Waals surface area contributed by atoms with Gasteiger partial charge in [-0.1, -0.05) is 129 Å². The van der Waals surface area contributed by atoms with E-state index in [1.54, 1.807) is 23.1 Å². The summed E-state index contributed by atoms with van der Waals surface area (Å²) in [6.07, 6.45) is 11.3. The van der Waals surface area contributed by atoms with Crippen molar-refractivity contribution in [2.24, 2.45) is 5.41 Å². The second kappa shape index (κ2) is 17.1. The van der Waals surface area contributed by atoms with Gasteiger partial charge >= 0.3 is 0 Å². The van der Waals surface area contributed by atoms with Gasteiger partial charge in [0, 0.05) is 28.2 Å². The van der Waals surface area contributed by atoms with Crippen LogP contribution in [-0.4, -0.2) is 10.9 Å². The Hall–Kier alpha value is -4.25. The Kier molecular flexibility index (Phi) is 12.6. The van der Waals surface area contributed by atoms with Crippen LogP contribution in [0.1, 0.15) is 123 Å². The summed E-state index contributed by atoms with van der Waals surface area (Å²) in [6, 6.07) is 31.1. The van der Waals surface area contributed by atoms with Gasteiger partial charge in [0.1, 0.15) is 5.76 Å². The van der Waals surface area contributed by atoms with Crippen LogP contribution in [0.3, 0.4) is 0 Å². The molecule has 1 aliphatic carbocycles. The number of unbranched alkanes of at least 4 members (excludes halogenated alkanes) is 2. The summed E-state index contributed by atoms with van der Waals surface area (Å²) in [6.45, 7) is 21.8. The van der Waals surface area contributed by atoms with Crippen molar-refractivity contribution in [1.82, 2.24) is 0 Å². The minimum absolute atomic E-state index is 0.0620. The molecule has 2 aliphatic rings. The molecule has 2 heterocycles. The van der Waals surface area contributed by atoms with E-state index in [2.05, 4.69) is 152 Å². The lowest BCUT2D eigenvalue weighted by Crippen LogP contribution is -2.25. The molecule has 6 rings (SSSR count). The van der Waals surface area contributed by atoms with Crippen molar-refractivity contribution in [3.8, 4) is 20.9 Å². The van der Waals surface area contributed by atoms with Gasteiger partial charge < -0.3 is 5.11 Å². The number of hydrogen-bond acceptors (Lipinski definition) is 3. The SMILES string of the molecule is CCCCc1ccc(C2=C/C(=C(\C)C3=C(O)C(=C(C)c4cc(-c5ccc(CCCC)cc5)[s+]c(-c5ccc(C(C)(C)C)cc5)c4)C3=O)C=C(C(C)(C)C)S2)cc1. The Bertz CT molecular complexity index is 2260. The molecular formula is C52H59O2S2+. The van der Waals surface area contributed by atoms with E-state index < -0.39 is 0 Å². The van der Waals surface area contributed by atoms with Crippen LogP contribution in [0.4, 0.5) is 0 Å². The molecule has 56 heavy (non-hydrogen) atoms. The number of benzene rings is 3. The molecule has 290 valence electrons. The maximum Gasteiger partial charge on any atom is 0.239 e. The van der Waals surface area contributed by atoms with Gasteiger partial charge in [-0.2, -0.15) is 0 Å². The molecule has 4 aromatic rings. The molecule has 1 aliphatic heterocycles. The smallest absolute Gasteiger partial charge is 0.239 e. The summed E-state index contributed by atoms with van der Waals surface area (Å²) in [5.41, 5.74) is 11.8. The lowest BCUT2D eigenvalue weighted by atomic mass is 9.78. The third-order valence-electron chi connectivity index (χ3n) is 11.0. The van der Waals surface area contributed by atoms with E-state index >= 15 is 0 Å².